The summed E-state index contributed by atoms with van der Waals surface area (Å²) in [6, 6.07) is 7.76. The molecule has 1 aliphatic rings. The Hall–Kier alpha value is -2.58. The van der Waals surface area contributed by atoms with Crippen LogP contribution in [0.15, 0.2) is 35.8 Å². The Morgan fingerprint density at radius 3 is 2.90 bits per heavy atom. The first-order chi connectivity index (χ1) is 14.1. The van der Waals surface area contributed by atoms with Gasteiger partial charge in [0.2, 0.25) is 5.91 Å². The first-order valence-electron chi connectivity index (χ1n) is 9.94. The highest BCUT2D eigenvalue weighted by Crippen LogP contribution is 2.28. The van der Waals surface area contributed by atoms with Crippen molar-refractivity contribution in [2.75, 3.05) is 38.5 Å². The van der Waals surface area contributed by atoms with Crippen molar-refractivity contribution in [1.82, 2.24) is 25.2 Å². The molecule has 152 valence electrons. The number of nitrogens with zero attached hydrogens (tertiary/aromatic N) is 4. The average molecular weight is 411 g/mol. The Morgan fingerprint density at radius 2 is 2.14 bits per heavy atom. The quantitative estimate of drug-likeness (QED) is 0.594. The van der Waals surface area contributed by atoms with E-state index in [0.29, 0.717) is 24.7 Å². The lowest BCUT2D eigenvalue weighted by Gasteiger charge is -2.35. The maximum absolute atomic E-state index is 12.1. The molecule has 1 aliphatic heterocycles. The van der Waals surface area contributed by atoms with Gasteiger partial charge < -0.3 is 15.5 Å². The van der Waals surface area contributed by atoms with E-state index >= 15 is 0 Å². The zero-order valence-electron chi connectivity index (χ0n) is 16.8. The molecule has 3 aromatic rings. The van der Waals surface area contributed by atoms with Crippen LogP contribution in [0.2, 0.25) is 0 Å². The fourth-order valence-corrected chi connectivity index (χ4v) is 4.29. The van der Waals surface area contributed by atoms with E-state index in [1.165, 1.54) is 0 Å². The highest BCUT2D eigenvalue weighted by molar-refractivity contribution is 7.16. The summed E-state index contributed by atoms with van der Waals surface area (Å²) >= 11 is 1.59. The summed E-state index contributed by atoms with van der Waals surface area (Å²) in [4.78, 5) is 29.0. The molecule has 4 heterocycles. The minimum atomic E-state index is 0.148. The van der Waals surface area contributed by atoms with Crippen molar-refractivity contribution >= 4 is 33.3 Å². The molecule has 0 radical (unpaired) electrons. The van der Waals surface area contributed by atoms with Gasteiger partial charge in [-0.15, -0.1) is 11.3 Å². The topological polar surface area (TPSA) is 83.0 Å². The summed E-state index contributed by atoms with van der Waals surface area (Å²) in [7, 11) is 2.08. The van der Waals surface area contributed by atoms with E-state index in [2.05, 4.69) is 39.5 Å². The van der Waals surface area contributed by atoms with Gasteiger partial charge in [0.05, 0.1) is 5.39 Å². The van der Waals surface area contributed by atoms with Crippen molar-refractivity contribution in [2.24, 2.45) is 11.8 Å². The summed E-state index contributed by atoms with van der Waals surface area (Å²) in [6.07, 6.45) is 2.37. The molecule has 3 aromatic heterocycles. The number of aromatic nitrogens is 3. The predicted octanol–water partition coefficient (Wildman–Crippen LogP) is 2.87. The van der Waals surface area contributed by atoms with Crippen molar-refractivity contribution in [3.8, 4) is 11.5 Å². The van der Waals surface area contributed by atoms with E-state index in [0.717, 1.165) is 41.4 Å². The maximum atomic E-state index is 12.1. The predicted molar refractivity (Wildman–Crippen MR) is 117 cm³/mol. The van der Waals surface area contributed by atoms with E-state index in [1.54, 1.807) is 17.5 Å². The van der Waals surface area contributed by atoms with Crippen LogP contribution in [0.3, 0.4) is 0 Å². The van der Waals surface area contributed by atoms with Gasteiger partial charge in [-0.05, 0) is 42.5 Å². The SMILES string of the molecule is CC(CNC(=O)CC1CN(C)C1)CNc1nc(-c2ccccn2)nc2sccc12. The number of hydrogen-bond acceptors (Lipinski definition) is 7. The first kappa shape index (κ1) is 19.7. The van der Waals surface area contributed by atoms with Crippen molar-refractivity contribution in [1.29, 1.82) is 0 Å². The third-order valence-corrected chi connectivity index (χ3v) is 5.91. The van der Waals surface area contributed by atoms with Crippen LogP contribution < -0.4 is 10.6 Å². The van der Waals surface area contributed by atoms with E-state index in [4.69, 9.17) is 4.98 Å². The molecule has 0 saturated carbocycles. The molecular weight excluding hydrogens is 384 g/mol. The molecule has 8 heteroatoms. The molecular formula is C21H26N6OS. The largest absolute Gasteiger partial charge is 0.369 e. The standard InChI is InChI=1S/C21H26N6OS/c1-14(10-23-18(28)9-15-12-27(2)13-15)11-24-19-16-6-8-29-21(16)26-20(25-19)17-5-3-4-7-22-17/h3-8,14-15H,9-13H2,1-2H3,(H,23,28)(H,24,25,26). The van der Waals surface area contributed by atoms with Gasteiger partial charge in [-0.1, -0.05) is 13.0 Å². The number of carbonyl (C=O) groups excluding carboxylic acids is 1. The summed E-state index contributed by atoms with van der Waals surface area (Å²) in [5.41, 5.74) is 0.757. The number of hydrogen-bond donors (Lipinski definition) is 2. The van der Waals surface area contributed by atoms with Gasteiger partial charge in [0.1, 0.15) is 16.3 Å². The normalized spacial score (nSPS) is 15.8. The molecule has 0 spiro atoms. The number of nitrogens with one attached hydrogen (secondary N) is 2. The zero-order chi connectivity index (χ0) is 20.2. The zero-order valence-corrected chi connectivity index (χ0v) is 17.6. The molecule has 0 aromatic carbocycles. The first-order valence-corrected chi connectivity index (χ1v) is 10.8. The number of carbonyl (C=O) groups is 1. The molecule has 0 bridgehead atoms. The Bertz CT molecular complexity index is 970. The van der Waals surface area contributed by atoms with Crippen LogP contribution in [0.25, 0.3) is 21.7 Å². The van der Waals surface area contributed by atoms with Gasteiger partial charge in [0, 0.05) is 38.8 Å². The Kier molecular flexibility index (Phi) is 6.01. The second-order valence-corrected chi connectivity index (χ2v) is 8.73. The molecule has 1 unspecified atom stereocenters. The maximum Gasteiger partial charge on any atom is 0.220 e. The van der Waals surface area contributed by atoms with Crippen molar-refractivity contribution in [2.45, 2.75) is 13.3 Å². The van der Waals surface area contributed by atoms with Gasteiger partial charge in [0.15, 0.2) is 5.82 Å². The summed E-state index contributed by atoms with van der Waals surface area (Å²) in [5.74, 6) is 2.37. The molecule has 1 fully saturated rings. The van der Waals surface area contributed by atoms with Crippen molar-refractivity contribution in [3.63, 3.8) is 0 Å². The lowest BCUT2D eigenvalue weighted by atomic mass is 9.97. The number of anilines is 1. The van der Waals surface area contributed by atoms with E-state index in [9.17, 15) is 4.79 Å². The number of pyridine rings is 1. The van der Waals surface area contributed by atoms with Crippen LogP contribution in [-0.2, 0) is 4.79 Å². The molecule has 29 heavy (non-hydrogen) atoms. The number of thiophene rings is 1. The minimum Gasteiger partial charge on any atom is -0.369 e. The van der Waals surface area contributed by atoms with Crippen LogP contribution in [0.5, 0.6) is 0 Å². The average Bonchev–Trinajstić information content (AvgIpc) is 3.19. The molecule has 2 N–H and O–H groups in total. The molecule has 4 rings (SSSR count). The Balaban J connectivity index is 1.35. The number of amides is 1. The van der Waals surface area contributed by atoms with Gasteiger partial charge >= 0.3 is 0 Å². The highest BCUT2D eigenvalue weighted by atomic mass is 32.1. The summed E-state index contributed by atoms with van der Waals surface area (Å²) in [6.45, 7) is 5.53. The summed E-state index contributed by atoms with van der Waals surface area (Å²) < 4.78 is 0. The second-order valence-electron chi connectivity index (χ2n) is 7.83. The van der Waals surface area contributed by atoms with E-state index < -0.39 is 0 Å². The van der Waals surface area contributed by atoms with E-state index in [1.807, 2.05) is 29.6 Å². The molecule has 1 atom stereocenters. The van der Waals surface area contributed by atoms with Crippen LogP contribution in [-0.4, -0.2) is 59.0 Å². The summed E-state index contributed by atoms with van der Waals surface area (Å²) in [5, 5.41) is 9.55. The lowest BCUT2D eigenvalue weighted by molar-refractivity contribution is -0.123. The third-order valence-electron chi connectivity index (χ3n) is 5.10. The number of likely N-dealkylation sites (tertiary alicyclic amines) is 1. The smallest absolute Gasteiger partial charge is 0.220 e. The van der Waals surface area contributed by atoms with Crippen LogP contribution in [0.4, 0.5) is 5.82 Å². The van der Waals surface area contributed by atoms with E-state index in [-0.39, 0.29) is 11.8 Å². The Morgan fingerprint density at radius 1 is 1.28 bits per heavy atom. The lowest BCUT2D eigenvalue weighted by Crippen LogP contribution is -2.46. The highest BCUT2D eigenvalue weighted by Gasteiger charge is 2.25. The van der Waals surface area contributed by atoms with Gasteiger partial charge in [-0.3, -0.25) is 9.78 Å². The fraction of sp³-hybridized carbons (Fsp3) is 0.429. The monoisotopic (exact) mass is 410 g/mol. The van der Waals surface area contributed by atoms with Gasteiger partial charge in [0.25, 0.3) is 0 Å². The van der Waals surface area contributed by atoms with Crippen molar-refractivity contribution < 1.29 is 4.79 Å². The van der Waals surface area contributed by atoms with Crippen LogP contribution in [0.1, 0.15) is 13.3 Å². The number of rotatable bonds is 8. The molecule has 1 amide bonds. The molecule has 7 nitrogen and oxygen atoms in total. The van der Waals surface area contributed by atoms with Gasteiger partial charge in [-0.25, -0.2) is 9.97 Å². The second kappa shape index (κ2) is 8.84. The van der Waals surface area contributed by atoms with Crippen LogP contribution in [0, 0.1) is 11.8 Å². The third kappa shape index (κ3) is 4.89. The minimum absolute atomic E-state index is 0.148. The molecule has 1 saturated heterocycles. The Labute approximate surface area is 174 Å². The number of fused-ring (bicyclic) bond motifs is 1. The molecule has 0 aliphatic carbocycles. The fourth-order valence-electron chi connectivity index (χ4n) is 3.52. The van der Waals surface area contributed by atoms with Crippen molar-refractivity contribution in [3.05, 3.63) is 35.8 Å². The van der Waals surface area contributed by atoms with Gasteiger partial charge in [-0.2, -0.15) is 0 Å². The van der Waals surface area contributed by atoms with Crippen LogP contribution >= 0.6 is 11.3 Å².